The lowest BCUT2D eigenvalue weighted by Crippen LogP contribution is -2.40. The maximum atomic E-state index is 12.3. The average Bonchev–Trinajstić information content (AvgIpc) is 2.92. The van der Waals surface area contributed by atoms with Crippen molar-refractivity contribution in [1.29, 1.82) is 0 Å². The molecule has 0 saturated heterocycles. The van der Waals surface area contributed by atoms with Crippen LogP contribution in [0.5, 0.6) is 5.75 Å². The van der Waals surface area contributed by atoms with Crippen molar-refractivity contribution in [2.45, 2.75) is 116 Å². The molecule has 0 amide bonds. The van der Waals surface area contributed by atoms with E-state index in [0.29, 0.717) is 5.92 Å². The highest BCUT2D eigenvalue weighted by Gasteiger charge is 2.30. The Hall–Kier alpha value is -2.13. The van der Waals surface area contributed by atoms with Crippen LogP contribution in [0.1, 0.15) is 119 Å². The first-order valence-corrected chi connectivity index (χ1v) is 14.7. The Morgan fingerprint density at radius 2 is 1.83 bits per heavy atom. The van der Waals surface area contributed by atoms with Gasteiger partial charge in [-0.1, -0.05) is 82.9 Å². The number of para-hydroxylation sites is 1. The normalized spacial score (nSPS) is 18.0. The molecule has 2 aromatic carbocycles. The fourth-order valence-electron chi connectivity index (χ4n) is 5.90. The first-order chi connectivity index (χ1) is 17.7. The van der Waals surface area contributed by atoms with E-state index in [-0.39, 0.29) is 12.0 Å². The topological polar surface area (TPSA) is 38.3 Å². The minimum atomic E-state index is -0.0119. The zero-order chi connectivity index (χ0) is 25.6. The van der Waals surface area contributed by atoms with E-state index in [0.717, 1.165) is 57.4 Å². The molecule has 2 aromatic rings. The molecule has 0 aromatic heterocycles. The molecular weight excluding hydrogens is 442 g/mol. The molecule has 3 nitrogen and oxygen atoms in total. The summed E-state index contributed by atoms with van der Waals surface area (Å²) in [6.07, 6.45) is 15.1. The Balaban J connectivity index is 1.59. The van der Waals surface area contributed by atoms with E-state index in [1.165, 1.54) is 67.1 Å². The van der Waals surface area contributed by atoms with Crippen molar-refractivity contribution >= 4 is 6.29 Å². The smallest absolute Gasteiger partial charge is 0.129 e. The van der Waals surface area contributed by atoms with Gasteiger partial charge in [-0.05, 0) is 92.1 Å². The molecule has 0 heterocycles. The van der Waals surface area contributed by atoms with Crippen LogP contribution in [0, 0.1) is 0 Å². The summed E-state index contributed by atoms with van der Waals surface area (Å²) in [6, 6.07) is 15.6. The van der Waals surface area contributed by atoms with E-state index in [4.69, 9.17) is 4.74 Å². The number of aldehydes is 1. The van der Waals surface area contributed by atoms with Crippen molar-refractivity contribution in [2.24, 2.45) is 0 Å². The number of aryl methyl sites for hydroxylation is 2. The van der Waals surface area contributed by atoms with E-state index < -0.39 is 0 Å². The molecule has 0 aliphatic heterocycles. The summed E-state index contributed by atoms with van der Waals surface area (Å²) in [5.74, 6) is 1.58. The number of fused-ring (bicyclic) bond motifs is 1. The Morgan fingerprint density at radius 3 is 2.61 bits per heavy atom. The fraction of sp³-hybridized carbons (Fsp3) is 0.606. The highest BCUT2D eigenvalue weighted by molar-refractivity contribution is 5.67. The maximum absolute atomic E-state index is 12.3. The van der Waals surface area contributed by atoms with Gasteiger partial charge in [0.25, 0.3) is 0 Å². The summed E-state index contributed by atoms with van der Waals surface area (Å²) < 4.78 is 6.05. The molecule has 1 N–H and O–H groups in total. The number of rotatable bonds is 17. The molecule has 3 unspecified atom stereocenters. The van der Waals surface area contributed by atoms with Crippen molar-refractivity contribution in [2.75, 3.05) is 13.2 Å². The lowest BCUT2D eigenvalue weighted by Gasteiger charge is -2.33. The molecule has 0 saturated carbocycles. The van der Waals surface area contributed by atoms with Gasteiger partial charge >= 0.3 is 0 Å². The van der Waals surface area contributed by atoms with Crippen LogP contribution in [0.25, 0.3) is 0 Å². The van der Waals surface area contributed by atoms with Gasteiger partial charge in [-0.2, -0.15) is 0 Å². The number of benzene rings is 2. The average molecular weight is 492 g/mol. The minimum absolute atomic E-state index is 0.0119. The van der Waals surface area contributed by atoms with Gasteiger partial charge in [-0.25, -0.2) is 0 Å². The number of carbonyl (C=O) groups is 1. The minimum Gasteiger partial charge on any atom is -0.493 e. The number of unbranched alkanes of at least 4 members (excludes halogenated alkanes) is 4. The SMILES string of the molecule is CCCCCCNC1CCc2cccc(CCCCC(CC)c3ccccc3OCCC)c2C1C=O. The quantitative estimate of drug-likeness (QED) is 0.179. The summed E-state index contributed by atoms with van der Waals surface area (Å²) >= 11 is 0. The van der Waals surface area contributed by atoms with Gasteiger partial charge < -0.3 is 14.8 Å². The van der Waals surface area contributed by atoms with Crippen molar-refractivity contribution < 1.29 is 9.53 Å². The number of nitrogens with one attached hydrogen (secondary N) is 1. The van der Waals surface area contributed by atoms with Crippen LogP contribution in [-0.4, -0.2) is 25.5 Å². The van der Waals surface area contributed by atoms with Gasteiger partial charge in [0.05, 0.1) is 12.5 Å². The van der Waals surface area contributed by atoms with E-state index in [2.05, 4.69) is 68.6 Å². The van der Waals surface area contributed by atoms with Crippen LogP contribution in [0.3, 0.4) is 0 Å². The third-order valence-electron chi connectivity index (χ3n) is 7.92. The monoisotopic (exact) mass is 491 g/mol. The second-order valence-electron chi connectivity index (χ2n) is 10.5. The Morgan fingerprint density at radius 1 is 0.972 bits per heavy atom. The van der Waals surface area contributed by atoms with Crippen molar-refractivity contribution in [3.63, 3.8) is 0 Å². The third-order valence-corrected chi connectivity index (χ3v) is 7.92. The molecule has 0 bridgehead atoms. The van der Waals surface area contributed by atoms with Crippen molar-refractivity contribution in [1.82, 2.24) is 5.32 Å². The Bertz CT molecular complexity index is 908. The molecule has 3 rings (SSSR count). The maximum Gasteiger partial charge on any atom is 0.129 e. The lowest BCUT2D eigenvalue weighted by molar-refractivity contribution is -0.109. The van der Waals surface area contributed by atoms with Crippen LogP contribution in [0.4, 0.5) is 0 Å². The van der Waals surface area contributed by atoms with Crippen LogP contribution in [-0.2, 0) is 17.6 Å². The summed E-state index contributed by atoms with van der Waals surface area (Å²) in [7, 11) is 0. The number of hydrogen-bond acceptors (Lipinski definition) is 3. The van der Waals surface area contributed by atoms with E-state index in [1.807, 2.05) is 0 Å². The van der Waals surface area contributed by atoms with Gasteiger partial charge in [0.1, 0.15) is 12.0 Å². The summed E-state index contributed by atoms with van der Waals surface area (Å²) in [6.45, 7) is 8.49. The summed E-state index contributed by atoms with van der Waals surface area (Å²) in [4.78, 5) is 12.3. The largest absolute Gasteiger partial charge is 0.493 e. The van der Waals surface area contributed by atoms with E-state index >= 15 is 0 Å². The second-order valence-corrected chi connectivity index (χ2v) is 10.5. The first kappa shape index (κ1) is 28.4. The van der Waals surface area contributed by atoms with Gasteiger partial charge in [0.2, 0.25) is 0 Å². The molecule has 0 spiro atoms. The highest BCUT2D eigenvalue weighted by atomic mass is 16.5. The second kappa shape index (κ2) is 15.9. The van der Waals surface area contributed by atoms with E-state index in [9.17, 15) is 4.79 Å². The summed E-state index contributed by atoms with van der Waals surface area (Å²) in [5, 5.41) is 3.73. The molecular formula is C33H49NO2. The van der Waals surface area contributed by atoms with Crippen LogP contribution < -0.4 is 10.1 Å². The van der Waals surface area contributed by atoms with Gasteiger partial charge in [-0.3, -0.25) is 0 Å². The van der Waals surface area contributed by atoms with Gasteiger partial charge in [-0.15, -0.1) is 0 Å². The summed E-state index contributed by atoms with van der Waals surface area (Å²) in [5.41, 5.74) is 5.47. The predicted molar refractivity (Wildman–Crippen MR) is 152 cm³/mol. The zero-order valence-corrected chi connectivity index (χ0v) is 23.1. The number of hydrogen-bond donors (Lipinski definition) is 1. The molecule has 0 radical (unpaired) electrons. The third kappa shape index (κ3) is 7.93. The first-order valence-electron chi connectivity index (χ1n) is 14.7. The van der Waals surface area contributed by atoms with Gasteiger partial charge in [0.15, 0.2) is 0 Å². The number of ether oxygens (including phenoxy) is 1. The standard InChI is InChI=1S/C33H49NO2/c1-4-7-8-13-23-34-31-22-21-28-18-14-17-27(33(28)30(31)25-35)16-10-9-15-26(6-3)29-19-11-12-20-32(29)36-24-5-2/h11-12,14,17-20,25-26,30-31,34H,4-10,13,15-16,21-24H2,1-3H3. The van der Waals surface area contributed by atoms with Crippen molar-refractivity contribution in [3.05, 3.63) is 64.7 Å². The van der Waals surface area contributed by atoms with Crippen molar-refractivity contribution in [3.8, 4) is 5.75 Å². The molecule has 3 atom stereocenters. The van der Waals surface area contributed by atoms with Gasteiger partial charge in [0, 0.05) is 6.04 Å². The number of carbonyl (C=O) groups excluding carboxylic acids is 1. The predicted octanol–water partition coefficient (Wildman–Crippen LogP) is 8.15. The molecule has 36 heavy (non-hydrogen) atoms. The lowest BCUT2D eigenvalue weighted by atomic mass is 9.76. The zero-order valence-electron chi connectivity index (χ0n) is 23.1. The molecule has 0 fully saturated rings. The van der Waals surface area contributed by atoms with Crippen LogP contribution >= 0.6 is 0 Å². The fourth-order valence-corrected chi connectivity index (χ4v) is 5.90. The molecule has 3 heteroatoms. The van der Waals surface area contributed by atoms with Crippen LogP contribution in [0.2, 0.25) is 0 Å². The Kier molecular flexibility index (Phi) is 12.5. The molecule has 1 aliphatic carbocycles. The van der Waals surface area contributed by atoms with E-state index in [1.54, 1.807) is 0 Å². The van der Waals surface area contributed by atoms with Crippen LogP contribution in [0.15, 0.2) is 42.5 Å². The molecule has 1 aliphatic rings. The Labute approximate surface area is 220 Å². The highest BCUT2D eigenvalue weighted by Crippen LogP contribution is 2.36. The molecule has 198 valence electrons.